The first-order valence-electron chi connectivity index (χ1n) is 6.39. The summed E-state index contributed by atoms with van der Waals surface area (Å²) in [7, 11) is 0. The quantitative estimate of drug-likeness (QED) is 0.824. The molecule has 0 radical (unpaired) electrons. The number of aromatic nitrogens is 1. The second-order valence-electron chi connectivity index (χ2n) is 4.77. The van der Waals surface area contributed by atoms with Crippen LogP contribution in [0.2, 0.25) is 0 Å². The van der Waals surface area contributed by atoms with Crippen LogP contribution < -0.4 is 0 Å². The highest BCUT2D eigenvalue weighted by molar-refractivity contribution is 9.10. The zero-order valence-electron chi connectivity index (χ0n) is 9.99. The number of hydrogen-bond donors (Lipinski definition) is 0. The van der Waals surface area contributed by atoms with E-state index in [4.69, 9.17) is 0 Å². The van der Waals surface area contributed by atoms with E-state index in [1.165, 1.54) is 12.8 Å². The van der Waals surface area contributed by atoms with Crippen molar-refractivity contribution in [3.8, 4) is 0 Å². The molecule has 1 aromatic heterocycles. The fourth-order valence-electron chi connectivity index (χ4n) is 2.45. The summed E-state index contributed by atoms with van der Waals surface area (Å²) >= 11 is 3.36. The maximum atomic E-state index is 11.9. The van der Waals surface area contributed by atoms with Crippen LogP contribution in [0.5, 0.6) is 0 Å². The summed E-state index contributed by atoms with van der Waals surface area (Å²) in [6.07, 6.45) is 9.10. The van der Waals surface area contributed by atoms with Crippen molar-refractivity contribution in [1.29, 1.82) is 0 Å². The number of nitrogens with zero attached hydrogens (tertiary/aromatic N) is 1. The third-order valence-electron chi connectivity index (χ3n) is 3.46. The van der Waals surface area contributed by atoms with Crippen molar-refractivity contribution in [3.05, 3.63) is 28.5 Å². The number of Topliss-reactive ketones (excluding diaryl/α,β-unsaturated/α-hetero) is 1. The average molecular weight is 296 g/mol. The molecule has 1 fully saturated rings. The zero-order chi connectivity index (χ0) is 12.1. The molecule has 0 spiro atoms. The molecule has 1 aliphatic carbocycles. The summed E-state index contributed by atoms with van der Waals surface area (Å²) in [4.78, 5) is 16.2. The molecule has 1 aliphatic rings. The summed E-state index contributed by atoms with van der Waals surface area (Å²) in [6.45, 7) is 0. The minimum atomic E-state index is 0.368. The molecule has 0 atom stereocenters. The summed E-state index contributed by atoms with van der Waals surface area (Å²) in [6, 6.07) is 4.02. The van der Waals surface area contributed by atoms with E-state index >= 15 is 0 Å². The molecule has 0 aromatic carbocycles. The second kappa shape index (κ2) is 6.29. The number of carbonyl (C=O) groups is 1. The minimum absolute atomic E-state index is 0.368. The van der Waals surface area contributed by atoms with Gasteiger partial charge in [-0.2, -0.15) is 0 Å². The molecule has 17 heavy (non-hydrogen) atoms. The molecule has 0 unspecified atom stereocenters. The molecule has 0 amide bonds. The Bertz CT molecular complexity index is 368. The largest absolute Gasteiger partial charge is 0.299 e. The van der Waals surface area contributed by atoms with Gasteiger partial charge in [-0.25, -0.2) is 0 Å². The standard InChI is InChI=1S/C14H18BrNO/c15-12-8-9-13(16-10-12)6-3-7-14(17)11-4-1-2-5-11/h8-11H,1-7H2. The first-order valence-corrected chi connectivity index (χ1v) is 7.18. The molecule has 0 aliphatic heterocycles. The lowest BCUT2D eigenvalue weighted by molar-refractivity contribution is -0.122. The first kappa shape index (κ1) is 12.7. The van der Waals surface area contributed by atoms with Crippen LogP contribution in [0.1, 0.15) is 44.2 Å². The predicted octanol–water partition coefficient (Wildman–Crippen LogP) is 3.93. The topological polar surface area (TPSA) is 30.0 Å². The summed E-state index contributed by atoms with van der Waals surface area (Å²) in [5.41, 5.74) is 1.08. The number of ketones is 1. The second-order valence-corrected chi connectivity index (χ2v) is 5.68. The van der Waals surface area contributed by atoms with Crippen LogP contribution >= 0.6 is 15.9 Å². The third-order valence-corrected chi connectivity index (χ3v) is 3.92. The fraction of sp³-hybridized carbons (Fsp3) is 0.571. The molecule has 1 aromatic rings. The summed E-state index contributed by atoms with van der Waals surface area (Å²) < 4.78 is 1.00. The van der Waals surface area contributed by atoms with Gasteiger partial charge in [-0.05, 0) is 53.7 Å². The van der Waals surface area contributed by atoms with E-state index < -0.39 is 0 Å². The SMILES string of the molecule is O=C(CCCc1ccc(Br)cn1)C1CCCC1. The molecule has 1 heterocycles. The number of aryl methyl sites for hydroxylation is 1. The molecule has 0 bridgehead atoms. The Kier molecular flexibility index (Phi) is 4.72. The van der Waals surface area contributed by atoms with Gasteiger partial charge >= 0.3 is 0 Å². The fourth-order valence-corrected chi connectivity index (χ4v) is 2.68. The molecular formula is C14H18BrNO. The molecule has 3 heteroatoms. The lowest BCUT2D eigenvalue weighted by Gasteiger charge is -2.07. The maximum Gasteiger partial charge on any atom is 0.135 e. The van der Waals surface area contributed by atoms with Gasteiger partial charge in [-0.3, -0.25) is 9.78 Å². The molecule has 0 N–H and O–H groups in total. The van der Waals surface area contributed by atoms with Crippen LogP contribution in [0.3, 0.4) is 0 Å². The highest BCUT2D eigenvalue weighted by Crippen LogP contribution is 2.26. The highest BCUT2D eigenvalue weighted by Gasteiger charge is 2.21. The summed E-state index contributed by atoms with van der Waals surface area (Å²) in [5, 5.41) is 0. The van der Waals surface area contributed by atoms with Crippen molar-refractivity contribution in [3.63, 3.8) is 0 Å². The minimum Gasteiger partial charge on any atom is -0.299 e. The molecule has 2 nitrogen and oxygen atoms in total. The van der Waals surface area contributed by atoms with Gasteiger partial charge in [-0.1, -0.05) is 12.8 Å². The third kappa shape index (κ3) is 3.91. The van der Waals surface area contributed by atoms with Gasteiger partial charge in [0.05, 0.1) is 0 Å². The monoisotopic (exact) mass is 295 g/mol. The van der Waals surface area contributed by atoms with Crippen molar-refractivity contribution in [2.45, 2.75) is 44.9 Å². The predicted molar refractivity (Wildman–Crippen MR) is 71.8 cm³/mol. The number of pyridine rings is 1. The Hall–Kier alpha value is -0.700. The lowest BCUT2D eigenvalue weighted by Crippen LogP contribution is -2.10. The van der Waals surface area contributed by atoms with E-state index in [9.17, 15) is 4.79 Å². The Morgan fingerprint density at radius 2 is 2.12 bits per heavy atom. The summed E-state index contributed by atoms with van der Waals surface area (Å²) in [5.74, 6) is 0.840. The van der Waals surface area contributed by atoms with Gasteiger partial charge < -0.3 is 0 Å². The van der Waals surface area contributed by atoms with Crippen molar-refractivity contribution < 1.29 is 4.79 Å². The Labute approximate surface area is 111 Å². The van der Waals surface area contributed by atoms with Crippen molar-refractivity contribution in [1.82, 2.24) is 4.98 Å². The van der Waals surface area contributed by atoms with Crippen molar-refractivity contribution >= 4 is 21.7 Å². The number of rotatable bonds is 5. The van der Waals surface area contributed by atoms with Crippen LogP contribution in [-0.2, 0) is 11.2 Å². The van der Waals surface area contributed by atoms with Gasteiger partial charge in [0, 0.05) is 28.7 Å². The van der Waals surface area contributed by atoms with Crippen molar-refractivity contribution in [2.75, 3.05) is 0 Å². The maximum absolute atomic E-state index is 11.9. The van der Waals surface area contributed by atoms with Gasteiger partial charge in [0.2, 0.25) is 0 Å². The van der Waals surface area contributed by atoms with Crippen LogP contribution in [0.25, 0.3) is 0 Å². The van der Waals surface area contributed by atoms with E-state index in [-0.39, 0.29) is 0 Å². The molecule has 2 rings (SSSR count). The normalized spacial score (nSPS) is 16.3. The van der Waals surface area contributed by atoms with Gasteiger partial charge in [-0.15, -0.1) is 0 Å². The van der Waals surface area contributed by atoms with Gasteiger partial charge in [0.15, 0.2) is 0 Å². The molecular weight excluding hydrogens is 278 g/mol. The Morgan fingerprint density at radius 3 is 2.76 bits per heavy atom. The molecule has 92 valence electrons. The van der Waals surface area contributed by atoms with Crippen LogP contribution in [0, 0.1) is 5.92 Å². The highest BCUT2D eigenvalue weighted by atomic mass is 79.9. The molecule has 1 saturated carbocycles. The number of halogens is 1. The lowest BCUT2D eigenvalue weighted by atomic mass is 9.98. The smallest absolute Gasteiger partial charge is 0.135 e. The number of carbonyl (C=O) groups excluding carboxylic acids is 1. The van der Waals surface area contributed by atoms with E-state index in [0.29, 0.717) is 11.7 Å². The Morgan fingerprint density at radius 1 is 1.35 bits per heavy atom. The Balaban J connectivity index is 1.72. The van der Waals surface area contributed by atoms with E-state index in [1.807, 2.05) is 18.3 Å². The van der Waals surface area contributed by atoms with Gasteiger partial charge in [0.25, 0.3) is 0 Å². The zero-order valence-corrected chi connectivity index (χ0v) is 11.6. The van der Waals surface area contributed by atoms with Crippen LogP contribution in [0.4, 0.5) is 0 Å². The van der Waals surface area contributed by atoms with Crippen LogP contribution in [0.15, 0.2) is 22.8 Å². The van der Waals surface area contributed by atoms with E-state index in [2.05, 4.69) is 20.9 Å². The first-order chi connectivity index (χ1) is 8.25. The van der Waals surface area contributed by atoms with E-state index in [0.717, 1.165) is 42.3 Å². The number of hydrogen-bond acceptors (Lipinski definition) is 2. The van der Waals surface area contributed by atoms with E-state index in [1.54, 1.807) is 0 Å². The molecule has 0 saturated heterocycles. The van der Waals surface area contributed by atoms with Crippen molar-refractivity contribution in [2.24, 2.45) is 5.92 Å². The van der Waals surface area contributed by atoms with Crippen LogP contribution in [-0.4, -0.2) is 10.8 Å². The average Bonchev–Trinajstić information content (AvgIpc) is 2.85. The van der Waals surface area contributed by atoms with Gasteiger partial charge in [0.1, 0.15) is 5.78 Å².